The zero-order valence-corrected chi connectivity index (χ0v) is 24.2. The minimum atomic E-state index is -0.337. The zero-order chi connectivity index (χ0) is 26.2. The van der Waals surface area contributed by atoms with Gasteiger partial charge in [0.15, 0.2) is 0 Å². The maximum absolute atomic E-state index is 12.3. The van der Waals surface area contributed by atoms with Crippen molar-refractivity contribution in [3.63, 3.8) is 0 Å². The molecule has 0 saturated heterocycles. The number of esters is 2. The number of carbonyl (C=O) groups excluding carboxylic acids is 2. The molecule has 2 unspecified atom stereocenters. The van der Waals surface area contributed by atoms with Gasteiger partial charge in [0.2, 0.25) is 0 Å². The third-order valence-electron chi connectivity index (χ3n) is 7.61. The summed E-state index contributed by atoms with van der Waals surface area (Å²) in [6, 6.07) is 0. The lowest BCUT2D eigenvalue weighted by Crippen LogP contribution is -2.22. The quantitative estimate of drug-likeness (QED) is 0.0932. The normalized spacial score (nSPS) is 13.9. The second kappa shape index (κ2) is 24.6. The van der Waals surface area contributed by atoms with E-state index in [1.807, 2.05) is 0 Å². The number of unbranched alkanes of at least 4 members (excludes halogenated alkanes) is 12. The summed E-state index contributed by atoms with van der Waals surface area (Å²) in [5, 5.41) is 0. The number of carbonyl (C=O) groups is 2. The molecule has 0 radical (unpaired) electrons. The van der Waals surface area contributed by atoms with Crippen molar-refractivity contribution >= 4 is 11.9 Å². The van der Waals surface area contributed by atoms with E-state index in [0.29, 0.717) is 6.42 Å². The summed E-state index contributed by atoms with van der Waals surface area (Å²) in [5.74, 6) is 1.26. The van der Waals surface area contributed by atoms with Gasteiger partial charge in [-0.1, -0.05) is 130 Å². The Morgan fingerprint density at radius 1 is 0.571 bits per heavy atom. The van der Waals surface area contributed by atoms with Gasteiger partial charge in [-0.15, -0.1) is 0 Å². The van der Waals surface area contributed by atoms with Gasteiger partial charge in [-0.2, -0.15) is 0 Å². The minimum absolute atomic E-state index is 0.158. The summed E-state index contributed by atoms with van der Waals surface area (Å²) in [5.41, 5.74) is 0. The highest BCUT2D eigenvalue weighted by atomic mass is 16.6. The first-order chi connectivity index (χ1) is 16.9. The molecule has 0 heterocycles. The third kappa shape index (κ3) is 23.1. The van der Waals surface area contributed by atoms with Crippen molar-refractivity contribution in [1.29, 1.82) is 0 Å². The summed E-state index contributed by atoms with van der Waals surface area (Å²) in [6.45, 7) is 9.22. The predicted octanol–water partition coefficient (Wildman–Crippen LogP) is 9.58. The van der Waals surface area contributed by atoms with Crippen molar-refractivity contribution < 1.29 is 19.1 Å². The van der Waals surface area contributed by atoms with Crippen LogP contribution in [0.15, 0.2) is 0 Å². The number of hydrogen-bond donors (Lipinski definition) is 0. The van der Waals surface area contributed by atoms with Crippen LogP contribution in [0.3, 0.4) is 0 Å². The molecule has 0 aromatic heterocycles. The lowest BCUT2D eigenvalue weighted by Gasteiger charge is -2.17. The van der Waals surface area contributed by atoms with E-state index in [9.17, 15) is 9.59 Å². The van der Waals surface area contributed by atoms with E-state index in [2.05, 4.69) is 27.7 Å². The molecule has 208 valence electrons. The molecule has 0 amide bonds. The standard InChI is InChI=1S/C31H60O4/c1-6-27(3)22-18-14-10-8-9-11-17-21-25-30(32)35-29(26-31(33)34-5)24-20-16-13-12-15-19-23-28(4)7-2/h27-29H,6-26H2,1-5H3/t27?,28?,29-/m1/s1. The van der Waals surface area contributed by atoms with E-state index in [4.69, 9.17) is 9.47 Å². The molecule has 0 aliphatic carbocycles. The fourth-order valence-electron chi connectivity index (χ4n) is 4.52. The van der Waals surface area contributed by atoms with Crippen molar-refractivity contribution in [2.75, 3.05) is 7.11 Å². The maximum atomic E-state index is 12.3. The fraction of sp³-hybridized carbons (Fsp3) is 0.935. The smallest absolute Gasteiger partial charge is 0.309 e. The molecular weight excluding hydrogens is 436 g/mol. The van der Waals surface area contributed by atoms with Crippen LogP contribution < -0.4 is 0 Å². The Morgan fingerprint density at radius 2 is 0.971 bits per heavy atom. The van der Waals surface area contributed by atoms with Gasteiger partial charge in [0.1, 0.15) is 6.10 Å². The molecule has 0 rings (SSSR count). The summed E-state index contributed by atoms with van der Waals surface area (Å²) in [7, 11) is 1.40. The van der Waals surface area contributed by atoms with Crippen LogP contribution in [0.2, 0.25) is 0 Å². The maximum Gasteiger partial charge on any atom is 0.309 e. The third-order valence-corrected chi connectivity index (χ3v) is 7.61. The highest BCUT2D eigenvalue weighted by molar-refractivity contribution is 5.72. The fourth-order valence-corrected chi connectivity index (χ4v) is 4.52. The van der Waals surface area contributed by atoms with E-state index < -0.39 is 0 Å². The molecule has 0 aliphatic heterocycles. The Labute approximate surface area is 218 Å². The number of ether oxygens (including phenoxy) is 2. The van der Waals surface area contributed by atoms with Gasteiger partial charge >= 0.3 is 11.9 Å². The average molecular weight is 497 g/mol. The van der Waals surface area contributed by atoms with E-state index >= 15 is 0 Å². The Morgan fingerprint density at radius 3 is 1.40 bits per heavy atom. The Kier molecular flexibility index (Phi) is 23.9. The molecule has 0 aromatic carbocycles. The first-order valence-electron chi connectivity index (χ1n) is 15.2. The van der Waals surface area contributed by atoms with Crippen LogP contribution in [0, 0.1) is 11.8 Å². The molecule has 0 spiro atoms. The van der Waals surface area contributed by atoms with E-state index in [1.165, 1.54) is 97.0 Å². The first-order valence-corrected chi connectivity index (χ1v) is 15.2. The summed E-state index contributed by atoms with van der Waals surface area (Å²) >= 11 is 0. The number of hydrogen-bond acceptors (Lipinski definition) is 4. The Balaban J connectivity index is 3.86. The molecule has 0 fully saturated rings. The van der Waals surface area contributed by atoms with E-state index in [1.54, 1.807) is 0 Å². The highest BCUT2D eigenvalue weighted by Crippen LogP contribution is 2.18. The van der Waals surface area contributed by atoms with Crippen molar-refractivity contribution in [3.05, 3.63) is 0 Å². The molecule has 0 aromatic rings. The van der Waals surface area contributed by atoms with Gasteiger partial charge in [0, 0.05) is 6.42 Å². The van der Waals surface area contributed by atoms with Crippen LogP contribution >= 0.6 is 0 Å². The number of methoxy groups -OCH3 is 1. The Hall–Kier alpha value is -1.06. The first kappa shape index (κ1) is 33.9. The molecule has 4 heteroatoms. The molecule has 0 saturated carbocycles. The molecule has 0 N–H and O–H groups in total. The lowest BCUT2D eigenvalue weighted by atomic mass is 9.99. The van der Waals surface area contributed by atoms with Gasteiger partial charge in [-0.3, -0.25) is 9.59 Å². The predicted molar refractivity (Wildman–Crippen MR) is 149 cm³/mol. The molecule has 0 aliphatic rings. The summed E-state index contributed by atoms with van der Waals surface area (Å²) in [6.07, 6.45) is 23.4. The van der Waals surface area contributed by atoms with Crippen LogP contribution in [0.1, 0.15) is 163 Å². The highest BCUT2D eigenvalue weighted by Gasteiger charge is 2.18. The van der Waals surface area contributed by atoms with Gasteiger partial charge in [0.25, 0.3) is 0 Å². The number of rotatable bonds is 25. The SMILES string of the molecule is CCC(C)CCCCCCCCCCC(=O)O[C@H](CCCCCCCCC(C)CC)CC(=O)OC. The average Bonchev–Trinajstić information content (AvgIpc) is 2.85. The molecule has 35 heavy (non-hydrogen) atoms. The topological polar surface area (TPSA) is 52.6 Å². The van der Waals surface area contributed by atoms with Crippen LogP contribution in [0.4, 0.5) is 0 Å². The van der Waals surface area contributed by atoms with Crippen LogP contribution in [0.5, 0.6) is 0 Å². The summed E-state index contributed by atoms with van der Waals surface area (Å²) < 4.78 is 10.5. The van der Waals surface area contributed by atoms with Crippen LogP contribution in [0.25, 0.3) is 0 Å². The monoisotopic (exact) mass is 496 g/mol. The van der Waals surface area contributed by atoms with Crippen molar-refractivity contribution in [2.24, 2.45) is 11.8 Å². The molecular formula is C31H60O4. The molecule has 0 bridgehead atoms. The van der Waals surface area contributed by atoms with Crippen LogP contribution in [-0.2, 0) is 19.1 Å². The molecule has 3 atom stereocenters. The molecule has 4 nitrogen and oxygen atoms in total. The second-order valence-electron chi connectivity index (χ2n) is 11.0. The van der Waals surface area contributed by atoms with Crippen molar-refractivity contribution in [3.8, 4) is 0 Å². The zero-order valence-electron chi connectivity index (χ0n) is 24.2. The van der Waals surface area contributed by atoms with Gasteiger partial charge in [-0.05, 0) is 31.1 Å². The van der Waals surface area contributed by atoms with Gasteiger partial charge in [0.05, 0.1) is 13.5 Å². The van der Waals surface area contributed by atoms with Crippen LogP contribution in [-0.4, -0.2) is 25.2 Å². The summed E-state index contributed by atoms with van der Waals surface area (Å²) in [4.78, 5) is 24.1. The van der Waals surface area contributed by atoms with E-state index in [-0.39, 0.29) is 24.5 Å². The van der Waals surface area contributed by atoms with Gasteiger partial charge in [-0.25, -0.2) is 0 Å². The van der Waals surface area contributed by atoms with Crippen molar-refractivity contribution in [2.45, 2.75) is 169 Å². The largest absolute Gasteiger partial charge is 0.469 e. The van der Waals surface area contributed by atoms with E-state index in [0.717, 1.165) is 43.9 Å². The lowest BCUT2D eigenvalue weighted by molar-refractivity contribution is -0.154. The van der Waals surface area contributed by atoms with Gasteiger partial charge < -0.3 is 9.47 Å². The van der Waals surface area contributed by atoms with Crippen molar-refractivity contribution in [1.82, 2.24) is 0 Å². The second-order valence-corrected chi connectivity index (χ2v) is 11.0. The minimum Gasteiger partial charge on any atom is -0.469 e. The Bertz CT molecular complexity index is 490.